The van der Waals surface area contributed by atoms with Gasteiger partial charge >= 0.3 is 0 Å². The van der Waals surface area contributed by atoms with Crippen LogP contribution in [-0.4, -0.2) is 24.5 Å². The standard InChI is InChI=1S/C22H19N3O2S/c1-28(26,27)24-22-20(17-11-5-2-6-12-17)21(18-13-7-3-8-14-18)23-25(22)19-15-9-4-10-16-19/h2-16,24H,1H3. The van der Waals surface area contributed by atoms with Crippen molar-refractivity contribution in [2.24, 2.45) is 0 Å². The van der Waals surface area contributed by atoms with E-state index in [0.717, 1.165) is 28.6 Å². The summed E-state index contributed by atoms with van der Waals surface area (Å²) in [6.45, 7) is 0. The van der Waals surface area contributed by atoms with E-state index in [4.69, 9.17) is 5.10 Å². The molecule has 0 atom stereocenters. The molecule has 0 amide bonds. The minimum atomic E-state index is -3.52. The number of hydrogen-bond acceptors (Lipinski definition) is 3. The molecule has 0 fully saturated rings. The first-order valence-corrected chi connectivity index (χ1v) is 10.7. The minimum absolute atomic E-state index is 0.416. The molecule has 1 aromatic heterocycles. The number of para-hydroxylation sites is 1. The molecule has 5 nitrogen and oxygen atoms in total. The highest BCUT2D eigenvalue weighted by atomic mass is 32.2. The van der Waals surface area contributed by atoms with Crippen molar-refractivity contribution in [1.29, 1.82) is 0 Å². The van der Waals surface area contributed by atoms with Gasteiger partial charge in [0.15, 0.2) is 5.82 Å². The molecule has 3 aromatic carbocycles. The molecular weight excluding hydrogens is 370 g/mol. The summed E-state index contributed by atoms with van der Waals surface area (Å²) in [5.74, 6) is 0.416. The van der Waals surface area contributed by atoms with Crippen LogP contribution in [-0.2, 0) is 10.0 Å². The summed E-state index contributed by atoms with van der Waals surface area (Å²) in [4.78, 5) is 0. The fourth-order valence-electron chi connectivity index (χ4n) is 3.12. The van der Waals surface area contributed by atoms with Gasteiger partial charge in [-0.15, -0.1) is 0 Å². The third kappa shape index (κ3) is 3.68. The van der Waals surface area contributed by atoms with Crippen molar-refractivity contribution in [1.82, 2.24) is 9.78 Å². The SMILES string of the molecule is CS(=O)(=O)Nc1c(-c2ccccc2)c(-c2ccccc2)nn1-c1ccccc1. The van der Waals surface area contributed by atoms with Gasteiger partial charge in [-0.3, -0.25) is 4.72 Å². The summed E-state index contributed by atoms with van der Waals surface area (Å²) in [6, 6.07) is 28.9. The highest BCUT2D eigenvalue weighted by Gasteiger charge is 2.23. The Kier molecular flexibility index (Phi) is 4.71. The van der Waals surface area contributed by atoms with Crippen molar-refractivity contribution < 1.29 is 8.42 Å². The molecule has 0 radical (unpaired) electrons. The number of nitrogens with one attached hydrogen (secondary N) is 1. The second-order valence-electron chi connectivity index (χ2n) is 6.43. The van der Waals surface area contributed by atoms with E-state index in [1.165, 1.54) is 0 Å². The lowest BCUT2D eigenvalue weighted by Gasteiger charge is -2.11. The Morgan fingerprint density at radius 3 is 1.79 bits per heavy atom. The van der Waals surface area contributed by atoms with Crippen molar-refractivity contribution in [3.8, 4) is 28.1 Å². The number of anilines is 1. The molecule has 0 saturated heterocycles. The highest BCUT2D eigenvalue weighted by molar-refractivity contribution is 7.92. The summed E-state index contributed by atoms with van der Waals surface area (Å²) >= 11 is 0. The molecule has 0 aliphatic carbocycles. The number of nitrogens with zero attached hydrogens (tertiary/aromatic N) is 2. The summed E-state index contributed by atoms with van der Waals surface area (Å²) in [5.41, 5.74) is 4.01. The van der Waals surface area contributed by atoms with E-state index in [0.29, 0.717) is 11.5 Å². The first-order valence-electron chi connectivity index (χ1n) is 8.80. The van der Waals surface area contributed by atoms with Gasteiger partial charge in [0.05, 0.1) is 17.5 Å². The molecule has 4 aromatic rings. The lowest BCUT2D eigenvalue weighted by Crippen LogP contribution is -2.14. The van der Waals surface area contributed by atoms with Gasteiger partial charge in [-0.05, 0) is 17.7 Å². The van der Waals surface area contributed by atoms with E-state index in [9.17, 15) is 8.42 Å². The minimum Gasteiger partial charge on any atom is -0.267 e. The fraction of sp³-hybridized carbons (Fsp3) is 0.0455. The molecular formula is C22H19N3O2S. The Bertz CT molecular complexity index is 1190. The van der Waals surface area contributed by atoms with E-state index < -0.39 is 10.0 Å². The molecule has 4 rings (SSSR count). The van der Waals surface area contributed by atoms with E-state index >= 15 is 0 Å². The van der Waals surface area contributed by atoms with Crippen LogP contribution in [0.15, 0.2) is 91.0 Å². The Morgan fingerprint density at radius 2 is 1.25 bits per heavy atom. The summed E-state index contributed by atoms with van der Waals surface area (Å²) in [7, 11) is -3.52. The van der Waals surface area contributed by atoms with Crippen LogP contribution in [0, 0.1) is 0 Å². The Labute approximate surface area is 164 Å². The van der Waals surface area contributed by atoms with E-state index in [2.05, 4.69) is 4.72 Å². The van der Waals surface area contributed by atoms with Crippen molar-refractivity contribution in [3.05, 3.63) is 91.0 Å². The van der Waals surface area contributed by atoms with Gasteiger partial charge < -0.3 is 0 Å². The second kappa shape index (κ2) is 7.32. The summed E-state index contributed by atoms with van der Waals surface area (Å²) in [6.07, 6.45) is 1.15. The predicted molar refractivity (Wildman–Crippen MR) is 113 cm³/mol. The van der Waals surface area contributed by atoms with Crippen molar-refractivity contribution in [2.45, 2.75) is 0 Å². The predicted octanol–water partition coefficient (Wildman–Crippen LogP) is 4.58. The third-order valence-corrected chi connectivity index (χ3v) is 4.84. The monoisotopic (exact) mass is 389 g/mol. The summed E-state index contributed by atoms with van der Waals surface area (Å²) in [5, 5.41) is 4.80. The highest BCUT2D eigenvalue weighted by Crippen LogP contribution is 2.39. The summed E-state index contributed by atoms with van der Waals surface area (Å²) < 4.78 is 28.6. The lowest BCUT2D eigenvalue weighted by molar-refractivity contribution is 0.606. The number of sulfonamides is 1. The molecule has 1 N–H and O–H groups in total. The number of rotatable bonds is 5. The average molecular weight is 389 g/mol. The lowest BCUT2D eigenvalue weighted by atomic mass is 10.0. The normalized spacial score (nSPS) is 11.3. The molecule has 0 bridgehead atoms. The van der Waals surface area contributed by atoms with Crippen LogP contribution >= 0.6 is 0 Å². The van der Waals surface area contributed by atoms with Crippen LogP contribution < -0.4 is 4.72 Å². The fourth-order valence-corrected chi connectivity index (χ4v) is 3.66. The molecule has 28 heavy (non-hydrogen) atoms. The molecule has 0 spiro atoms. The first-order chi connectivity index (χ1) is 13.5. The van der Waals surface area contributed by atoms with Crippen LogP contribution in [0.3, 0.4) is 0 Å². The average Bonchev–Trinajstić information content (AvgIpc) is 3.07. The number of aromatic nitrogens is 2. The zero-order chi connectivity index (χ0) is 19.6. The van der Waals surface area contributed by atoms with Crippen LogP contribution in [0.4, 0.5) is 5.82 Å². The topological polar surface area (TPSA) is 64.0 Å². The Balaban J connectivity index is 2.06. The van der Waals surface area contributed by atoms with Gasteiger partial charge in [0.1, 0.15) is 5.69 Å². The molecule has 140 valence electrons. The van der Waals surface area contributed by atoms with E-state index in [1.54, 1.807) is 4.68 Å². The van der Waals surface area contributed by atoms with Crippen LogP contribution in [0.25, 0.3) is 28.1 Å². The maximum absolute atomic E-state index is 12.2. The van der Waals surface area contributed by atoms with Crippen LogP contribution in [0.2, 0.25) is 0 Å². The van der Waals surface area contributed by atoms with Gasteiger partial charge in [-0.1, -0.05) is 78.9 Å². The van der Waals surface area contributed by atoms with E-state index in [-0.39, 0.29) is 0 Å². The molecule has 0 aliphatic heterocycles. The molecule has 0 aliphatic rings. The van der Waals surface area contributed by atoms with Crippen molar-refractivity contribution >= 4 is 15.8 Å². The smallest absolute Gasteiger partial charge is 0.230 e. The number of benzene rings is 3. The first kappa shape index (κ1) is 18.0. The third-order valence-electron chi connectivity index (χ3n) is 4.28. The maximum atomic E-state index is 12.2. The van der Waals surface area contributed by atoms with Gasteiger partial charge in [0.25, 0.3) is 0 Å². The Hall–Kier alpha value is -3.38. The van der Waals surface area contributed by atoms with Gasteiger partial charge in [-0.25, -0.2) is 13.1 Å². The van der Waals surface area contributed by atoms with Crippen molar-refractivity contribution in [3.63, 3.8) is 0 Å². The molecule has 1 heterocycles. The quantitative estimate of drug-likeness (QED) is 0.543. The van der Waals surface area contributed by atoms with Crippen LogP contribution in [0.1, 0.15) is 0 Å². The molecule has 0 unspecified atom stereocenters. The number of hydrogen-bond donors (Lipinski definition) is 1. The maximum Gasteiger partial charge on any atom is 0.230 e. The second-order valence-corrected chi connectivity index (χ2v) is 8.17. The van der Waals surface area contributed by atoms with Crippen molar-refractivity contribution in [2.75, 3.05) is 11.0 Å². The van der Waals surface area contributed by atoms with Gasteiger partial charge in [-0.2, -0.15) is 5.10 Å². The Morgan fingerprint density at radius 1 is 0.750 bits per heavy atom. The zero-order valence-electron chi connectivity index (χ0n) is 15.3. The largest absolute Gasteiger partial charge is 0.267 e. The molecule has 0 saturated carbocycles. The zero-order valence-corrected chi connectivity index (χ0v) is 16.1. The van der Waals surface area contributed by atoms with Gasteiger partial charge in [0, 0.05) is 5.56 Å². The van der Waals surface area contributed by atoms with Crippen LogP contribution in [0.5, 0.6) is 0 Å². The van der Waals surface area contributed by atoms with E-state index in [1.807, 2.05) is 91.0 Å². The van der Waals surface area contributed by atoms with Gasteiger partial charge in [0.2, 0.25) is 10.0 Å². The molecule has 6 heteroatoms.